The highest BCUT2D eigenvalue weighted by Crippen LogP contribution is 2.13. The van der Waals surface area contributed by atoms with E-state index in [-0.39, 0.29) is 18.3 Å². The fraction of sp³-hybridized carbons (Fsp3) is 0.462. The highest BCUT2D eigenvalue weighted by Gasteiger charge is 2.11. The van der Waals surface area contributed by atoms with Crippen molar-refractivity contribution in [1.82, 2.24) is 4.90 Å². The summed E-state index contributed by atoms with van der Waals surface area (Å²) < 4.78 is 13.2. The van der Waals surface area contributed by atoms with Crippen LogP contribution in [-0.4, -0.2) is 23.9 Å². The zero-order chi connectivity index (χ0) is 13.7. The third kappa shape index (κ3) is 5.14. The number of nitrogens with two attached hydrogens (primary N) is 2. The molecule has 0 atom stereocenters. The van der Waals surface area contributed by atoms with E-state index < -0.39 is 0 Å². The van der Waals surface area contributed by atoms with E-state index in [9.17, 15) is 9.18 Å². The van der Waals surface area contributed by atoms with Gasteiger partial charge in [0.15, 0.2) is 0 Å². The zero-order valence-electron chi connectivity index (χ0n) is 10.8. The van der Waals surface area contributed by atoms with E-state index in [0.29, 0.717) is 18.2 Å². The Labute approximate surface area is 107 Å². The van der Waals surface area contributed by atoms with E-state index in [0.717, 1.165) is 12.1 Å². The van der Waals surface area contributed by atoms with Gasteiger partial charge in [0.2, 0.25) is 5.91 Å². The Hall–Kier alpha value is -1.62. The Balaban J connectivity index is 2.77. The number of halogens is 1. The first-order chi connectivity index (χ1) is 8.36. The largest absolute Gasteiger partial charge is 0.399 e. The van der Waals surface area contributed by atoms with Crippen LogP contribution in [0.4, 0.5) is 10.1 Å². The monoisotopic (exact) mass is 253 g/mol. The first-order valence-corrected chi connectivity index (χ1v) is 5.92. The van der Waals surface area contributed by atoms with Crippen molar-refractivity contribution in [2.24, 2.45) is 11.7 Å². The number of carbonyl (C=O) groups excluding carboxylic acids is 1. The van der Waals surface area contributed by atoms with E-state index in [1.54, 1.807) is 6.07 Å². The molecule has 0 spiro atoms. The van der Waals surface area contributed by atoms with Gasteiger partial charge >= 0.3 is 0 Å². The molecule has 0 fully saturated rings. The first kappa shape index (κ1) is 14.4. The van der Waals surface area contributed by atoms with E-state index in [1.807, 2.05) is 18.7 Å². The van der Waals surface area contributed by atoms with Crippen LogP contribution in [0.3, 0.4) is 0 Å². The average Bonchev–Trinajstić information content (AvgIpc) is 2.12. The Morgan fingerprint density at radius 1 is 1.39 bits per heavy atom. The van der Waals surface area contributed by atoms with Crippen LogP contribution in [0.15, 0.2) is 18.2 Å². The summed E-state index contributed by atoms with van der Waals surface area (Å²) in [6.07, 6.45) is 0. The summed E-state index contributed by atoms with van der Waals surface area (Å²) in [5.41, 5.74) is 11.9. The molecule has 0 aliphatic rings. The molecule has 1 rings (SSSR count). The second kappa shape index (κ2) is 6.35. The molecule has 0 aliphatic heterocycles. The van der Waals surface area contributed by atoms with Crippen LogP contribution in [0.25, 0.3) is 0 Å². The number of rotatable bonds is 6. The van der Waals surface area contributed by atoms with E-state index in [2.05, 4.69) is 0 Å². The Bertz CT molecular complexity index is 400. The molecule has 4 nitrogen and oxygen atoms in total. The lowest BCUT2D eigenvalue weighted by molar-refractivity contribution is -0.119. The number of hydrogen-bond acceptors (Lipinski definition) is 3. The lowest BCUT2D eigenvalue weighted by Crippen LogP contribution is -2.35. The number of primary amides is 1. The fourth-order valence-electron chi connectivity index (χ4n) is 1.95. The van der Waals surface area contributed by atoms with Crippen LogP contribution in [0.5, 0.6) is 0 Å². The van der Waals surface area contributed by atoms with Crippen LogP contribution in [-0.2, 0) is 11.3 Å². The quantitative estimate of drug-likeness (QED) is 0.752. The van der Waals surface area contributed by atoms with Crippen molar-refractivity contribution in [2.75, 3.05) is 18.8 Å². The molecule has 1 aromatic carbocycles. The van der Waals surface area contributed by atoms with Gasteiger partial charge in [0, 0.05) is 18.8 Å². The molecule has 0 bridgehead atoms. The minimum absolute atomic E-state index is 0.161. The predicted octanol–water partition coefficient (Wildman–Crippen LogP) is 1.35. The molecule has 0 radical (unpaired) electrons. The number of amides is 1. The minimum Gasteiger partial charge on any atom is -0.399 e. The normalized spacial score (nSPS) is 11.2. The number of hydrogen-bond donors (Lipinski definition) is 2. The van der Waals surface area contributed by atoms with Crippen molar-refractivity contribution in [3.05, 3.63) is 29.6 Å². The van der Waals surface area contributed by atoms with Crippen LogP contribution >= 0.6 is 0 Å². The number of carbonyl (C=O) groups is 1. The molecular weight excluding hydrogens is 233 g/mol. The van der Waals surface area contributed by atoms with Crippen molar-refractivity contribution in [1.29, 1.82) is 0 Å². The molecule has 0 heterocycles. The Morgan fingerprint density at radius 3 is 2.56 bits per heavy atom. The van der Waals surface area contributed by atoms with Gasteiger partial charge in [0.25, 0.3) is 0 Å². The molecule has 18 heavy (non-hydrogen) atoms. The maximum Gasteiger partial charge on any atom is 0.231 e. The van der Waals surface area contributed by atoms with Gasteiger partial charge in [-0.25, -0.2) is 4.39 Å². The molecule has 100 valence electrons. The number of anilines is 1. The molecule has 1 aromatic rings. The minimum atomic E-state index is -0.389. The van der Waals surface area contributed by atoms with Gasteiger partial charge in [-0.2, -0.15) is 0 Å². The highest BCUT2D eigenvalue weighted by molar-refractivity contribution is 5.75. The molecule has 0 unspecified atom stereocenters. The van der Waals surface area contributed by atoms with Crippen molar-refractivity contribution in [3.63, 3.8) is 0 Å². The van der Waals surface area contributed by atoms with Gasteiger partial charge in [-0.15, -0.1) is 0 Å². The van der Waals surface area contributed by atoms with Gasteiger partial charge in [-0.05, 0) is 29.7 Å². The average molecular weight is 253 g/mol. The number of benzene rings is 1. The van der Waals surface area contributed by atoms with Crippen molar-refractivity contribution in [3.8, 4) is 0 Å². The standard InChI is InChI=1S/C13H20FN3O/c1-9(2)6-17(8-13(16)18)7-10-3-11(14)5-12(15)4-10/h3-5,9H,6-8,15H2,1-2H3,(H2,16,18). The van der Waals surface area contributed by atoms with Gasteiger partial charge in [0.1, 0.15) is 5.82 Å². The second-order valence-electron chi connectivity index (χ2n) is 4.92. The smallest absolute Gasteiger partial charge is 0.231 e. The van der Waals surface area contributed by atoms with Crippen LogP contribution < -0.4 is 11.5 Å². The molecule has 0 aliphatic carbocycles. The summed E-state index contributed by atoms with van der Waals surface area (Å²) >= 11 is 0. The van der Waals surface area contributed by atoms with Crippen LogP contribution in [0.2, 0.25) is 0 Å². The summed E-state index contributed by atoms with van der Waals surface area (Å²) in [4.78, 5) is 12.9. The SMILES string of the molecule is CC(C)CN(CC(N)=O)Cc1cc(N)cc(F)c1. The third-order valence-electron chi connectivity index (χ3n) is 2.39. The molecule has 0 aromatic heterocycles. The molecule has 4 N–H and O–H groups in total. The van der Waals surface area contributed by atoms with Crippen molar-refractivity contribution < 1.29 is 9.18 Å². The lowest BCUT2D eigenvalue weighted by Gasteiger charge is -2.23. The summed E-state index contributed by atoms with van der Waals surface area (Å²) in [5.74, 6) is -0.358. The van der Waals surface area contributed by atoms with Crippen molar-refractivity contribution >= 4 is 11.6 Å². The summed E-state index contributed by atoms with van der Waals surface area (Å²) in [6, 6.07) is 4.40. The maximum atomic E-state index is 13.2. The molecule has 0 saturated carbocycles. The zero-order valence-corrected chi connectivity index (χ0v) is 10.8. The molecular formula is C13H20FN3O. The maximum absolute atomic E-state index is 13.2. The second-order valence-corrected chi connectivity index (χ2v) is 4.92. The van der Waals surface area contributed by atoms with E-state index in [1.165, 1.54) is 12.1 Å². The lowest BCUT2D eigenvalue weighted by atomic mass is 10.1. The van der Waals surface area contributed by atoms with Crippen LogP contribution in [0.1, 0.15) is 19.4 Å². The van der Waals surface area contributed by atoms with Crippen LogP contribution in [0, 0.1) is 11.7 Å². The third-order valence-corrected chi connectivity index (χ3v) is 2.39. The fourth-order valence-corrected chi connectivity index (χ4v) is 1.95. The molecule has 5 heteroatoms. The molecule has 1 amide bonds. The van der Waals surface area contributed by atoms with E-state index >= 15 is 0 Å². The van der Waals surface area contributed by atoms with Gasteiger partial charge in [-0.3, -0.25) is 9.69 Å². The Morgan fingerprint density at radius 2 is 2.06 bits per heavy atom. The molecule has 0 saturated heterocycles. The van der Waals surface area contributed by atoms with Crippen molar-refractivity contribution in [2.45, 2.75) is 20.4 Å². The van der Waals surface area contributed by atoms with Gasteiger partial charge in [0.05, 0.1) is 6.54 Å². The first-order valence-electron chi connectivity index (χ1n) is 5.92. The Kier molecular flexibility index (Phi) is 5.09. The summed E-state index contributed by atoms with van der Waals surface area (Å²) in [6.45, 7) is 5.44. The van der Waals surface area contributed by atoms with E-state index in [4.69, 9.17) is 11.5 Å². The predicted molar refractivity (Wildman–Crippen MR) is 70.1 cm³/mol. The van der Waals surface area contributed by atoms with Gasteiger partial charge < -0.3 is 11.5 Å². The summed E-state index contributed by atoms with van der Waals surface area (Å²) in [7, 11) is 0. The number of nitrogens with zero attached hydrogens (tertiary/aromatic N) is 1. The van der Waals surface area contributed by atoms with Gasteiger partial charge in [-0.1, -0.05) is 13.8 Å². The summed E-state index contributed by atoms with van der Waals surface area (Å²) in [5, 5.41) is 0. The number of nitrogen functional groups attached to an aromatic ring is 1. The highest BCUT2D eigenvalue weighted by atomic mass is 19.1. The topological polar surface area (TPSA) is 72.3 Å².